The van der Waals surface area contributed by atoms with E-state index in [9.17, 15) is 12.8 Å². The second-order valence-electron chi connectivity index (χ2n) is 5.17. The van der Waals surface area contributed by atoms with Crippen LogP contribution in [0.1, 0.15) is 18.9 Å². The van der Waals surface area contributed by atoms with Crippen LogP contribution in [0.5, 0.6) is 0 Å². The number of hydrogen-bond donors (Lipinski definition) is 2. The van der Waals surface area contributed by atoms with Gasteiger partial charge in [-0.25, -0.2) is 17.5 Å². The van der Waals surface area contributed by atoms with E-state index in [-0.39, 0.29) is 17.6 Å². The Morgan fingerprint density at radius 2 is 2.20 bits per heavy atom. The molecule has 1 fully saturated rings. The van der Waals surface area contributed by atoms with Crippen molar-refractivity contribution in [1.29, 1.82) is 0 Å². The predicted octanol–water partition coefficient (Wildman–Crippen LogP) is 1.42. The van der Waals surface area contributed by atoms with Gasteiger partial charge >= 0.3 is 0 Å². The quantitative estimate of drug-likeness (QED) is 0.824. The van der Waals surface area contributed by atoms with Crippen molar-refractivity contribution in [2.75, 3.05) is 18.9 Å². The number of nitrogens with two attached hydrogens (primary N) is 1. The highest BCUT2D eigenvalue weighted by Crippen LogP contribution is 2.23. The van der Waals surface area contributed by atoms with E-state index in [4.69, 9.17) is 10.5 Å². The van der Waals surface area contributed by atoms with Crippen molar-refractivity contribution in [2.24, 2.45) is 5.92 Å². The van der Waals surface area contributed by atoms with Gasteiger partial charge in [-0.3, -0.25) is 0 Å². The molecule has 2 atom stereocenters. The number of nitrogens with one attached hydrogen (secondary N) is 1. The van der Waals surface area contributed by atoms with Gasteiger partial charge in [-0.15, -0.1) is 0 Å². The molecule has 1 heterocycles. The zero-order chi connectivity index (χ0) is 14.9. The summed E-state index contributed by atoms with van der Waals surface area (Å²) in [5, 5.41) is 0. The van der Waals surface area contributed by atoms with E-state index < -0.39 is 20.7 Å². The highest BCUT2D eigenvalue weighted by atomic mass is 32.2. The lowest BCUT2D eigenvalue weighted by molar-refractivity contribution is 0.180. The highest BCUT2D eigenvalue weighted by molar-refractivity contribution is 7.89. The van der Waals surface area contributed by atoms with Gasteiger partial charge in [0.2, 0.25) is 10.0 Å². The van der Waals surface area contributed by atoms with E-state index in [1.807, 2.05) is 0 Å². The summed E-state index contributed by atoms with van der Waals surface area (Å²) in [6.45, 7) is 4.53. The lowest BCUT2D eigenvalue weighted by Crippen LogP contribution is -2.38. The monoisotopic (exact) mass is 302 g/mol. The van der Waals surface area contributed by atoms with Crippen LogP contribution in [-0.2, 0) is 14.8 Å². The van der Waals surface area contributed by atoms with E-state index in [0.29, 0.717) is 18.8 Å². The Labute approximate surface area is 118 Å². The van der Waals surface area contributed by atoms with Gasteiger partial charge in [-0.2, -0.15) is 0 Å². The number of sulfonamides is 1. The third-order valence-corrected chi connectivity index (χ3v) is 5.20. The summed E-state index contributed by atoms with van der Waals surface area (Å²) in [6, 6.07) is 1.97. The van der Waals surface area contributed by atoms with Crippen LogP contribution in [0.25, 0.3) is 0 Å². The van der Waals surface area contributed by atoms with Crippen LogP contribution < -0.4 is 10.5 Å². The Kier molecular flexibility index (Phi) is 4.31. The minimum absolute atomic E-state index is 0.107. The molecule has 112 valence electrons. The Hall–Kier alpha value is -1.18. The molecule has 0 amide bonds. The third kappa shape index (κ3) is 3.11. The molecule has 2 rings (SSSR count). The SMILES string of the molecule is Cc1cc(F)c(S(=O)(=O)NC(C)C2CCOC2)cc1N. The third-order valence-electron chi connectivity index (χ3n) is 3.62. The van der Waals surface area contributed by atoms with Gasteiger partial charge in [-0.1, -0.05) is 0 Å². The van der Waals surface area contributed by atoms with Gasteiger partial charge < -0.3 is 10.5 Å². The fraction of sp³-hybridized carbons (Fsp3) is 0.538. The smallest absolute Gasteiger partial charge is 0.243 e. The fourth-order valence-corrected chi connectivity index (χ4v) is 3.63. The van der Waals surface area contributed by atoms with Gasteiger partial charge in [0.25, 0.3) is 0 Å². The molecule has 0 radical (unpaired) electrons. The molecule has 0 bridgehead atoms. The lowest BCUT2D eigenvalue weighted by atomic mass is 10.0. The average molecular weight is 302 g/mol. The number of ether oxygens (including phenoxy) is 1. The van der Waals surface area contributed by atoms with Gasteiger partial charge in [0.15, 0.2) is 0 Å². The van der Waals surface area contributed by atoms with Crippen molar-refractivity contribution < 1.29 is 17.5 Å². The van der Waals surface area contributed by atoms with Crippen molar-refractivity contribution in [3.63, 3.8) is 0 Å². The molecule has 0 spiro atoms. The average Bonchev–Trinajstić information content (AvgIpc) is 2.86. The van der Waals surface area contributed by atoms with Crippen molar-refractivity contribution in [2.45, 2.75) is 31.2 Å². The second-order valence-corrected chi connectivity index (χ2v) is 6.86. The standard InChI is InChI=1S/C13H19FN2O3S/c1-8-5-11(14)13(6-12(8)15)20(17,18)16-9(2)10-3-4-19-7-10/h5-6,9-10,16H,3-4,7,15H2,1-2H3. The maximum atomic E-state index is 13.9. The van der Waals surface area contributed by atoms with Crippen LogP contribution in [0, 0.1) is 18.7 Å². The molecule has 7 heteroatoms. The molecular formula is C13H19FN2O3S. The summed E-state index contributed by atoms with van der Waals surface area (Å²) < 4.78 is 46.1. The molecule has 0 aromatic heterocycles. The summed E-state index contributed by atoms with van der Waals surface area (Å²) in [4.78, 5) is -0.411. The van der Waals surface area contributed by atoms with Crippen molar-refractivity contribution in [1.82, 2.24) is 4.72 Å². The molecule has 5 nitrogen and oxygen atoms in total. The highest BCUT2D eigenvalue weighted by Gasteiger charge is 2.28. The van der Waals surface area contributed by atoms with E-state index in [0.717, 1.165) is 18.6 Å². The summed E-state index contributed by atoms with van der Waals surface area (Å²) in [5.74, 6) is -0.685. The number of aryl methyl sites for hydroxylation is 1. The van der Waals surface area contributed by atoms with Crippen molar-refractivity contribution in [3.05, 3.63) is 23.5 Å². The van der Waals surface area contributed by atoms with Crippen molar-refractivity contribution in [3.8, 4) is 0 Å². The molecule has 2 unspecified atom stereocenters. The number of anilines is 1. The van der Waals surface area contributed by atoms with Gasteiger partial charge in [0, 0.05) is 24.3 Å². The van der Waals surface area contributed by atoms with Crippen LogP contribution in [0.2, 0.25) is 0 Å². The second kappa shape index (κ2) is 5.67. The Bertz CT molecular complexity index is 598. The maximum Gasteiger partial charge on any atom is 0.243 e. The van der Waals surface area contributed by atoms with Gasteiger partial charge in [-0.05, 0) is 38.0 Å². The molecule has 1 aromatic carbocycles. The first-order valence-electron chi connectivity index (χ1n) is 6.47. The molecule has 1 saturated heterocycles. The molecular weight excluding hydrogens is 283 g/mol. The first kappa shape index (κ1) is 15.2. The van der Waals surface area contributed by atoms with E-state index in [1.165, 1.54) is 0 Å². The fourth-order valence-electron chi connectivity index (χ4n) is 2.23. The van der Waals surface area contributed by atoms with Crippen LogP contribution in [0.3, 0.4) is 0 Å². The van der Waals surface area contributed by atoms with E-state index in [2.05, 4.69) is 4.72 Å². The van der Waals surface area contributed by atoms with Crippen LogP contribution in [-0.4, -0.2) is 27.7 Å². The number of hydrogen-bond acceptors (Lipinski definition) is 4. The minimum atomic E-state index is -3.93. The summed E-state index contributed by atoms with van der Waals surface area (Å²) >= 11 is 0. The maximum absolute atomic E-state index is 13.9. The Morgan fingerprint density at radius 1 is 1.50 bits per heavy atom. The molecule has 1 aliphatic heterocycles. The molecule has 20 heavy (non-hydrogen) atoms. The van der Waals surface area contributed by atoms with Crippen LogP contribution in [0.4, 0.5) is 10.1 Å². The Morgan fingerprint density at radius 3 is 2.80 bits per heavy atom. The molecule has 1 aromatic rings. The lowest BCUT2D eigenvalue weighted by Gasteiger charge is -2.19. The number of nitrogen functional groups attached to an aromatic ring is 1. The molecule has 3 N–H and O–H groups in total. The Balaban J connectivity index is 2.24. The molecule has 0 aliphatic carbocycles. The number of benzene rings is 1. The summed E-state index contributed by atoms with van der Waals surface area (Å²) in [5.41, 5.74) is 6.43. The van der Waals surface area contributed by atoms with Crippen molar-refractivity contribution >= 4 is 15.7 Å². The zero-order valence-electron chi connectivity index (χ0n) is 11.5. The zero-order valence-corrected chi connectivity index (χ0v) is 12.3. The summed E-state index contributed by atoms with van der Waals surface area (Å²) in [6.07, 6.45) is 0.794. The topological polar surface area (TPSA) is 81.4 Å². The largest absolute Gasteiger partial charge is 0.398 e. The minimum Gasteiger partial charge on any atom is -0.398 e. The molecule has 0 saturated carbocycles. The van der Waals surface area contributed by atoms with Gasteiger partial charge in [0.1, 0.15) is 10.7 Å². The number of rotatable bonds is 4. The first-order chi connectivity index (χ1) is 9.31. The van der Waals surface area contributed by atoms with E-state index >= 15 is 0 Å². The van der Waals surface area contributed by atoms with E-state index in [1.54, 1.807) is 13.8 Å². The van der Waals surface area contributed by atoms with Crippen LogP contribution >= 0.6 is 0 Å². The summed E-state index contributed by atoms with van der Waals surface area (Å²) in [7, 11) is -3.93. The van der Waals surface area contributed by atoms with Crippen LogP contribution in [0.15, 0.2) is 17.0 Å². The predicted molar refractivity (Wildman–Crippen MR) is 74.3 cm³/mol. The first-order valence-corrected chi connectivity index (χ1v) is 7.95. The molecule has 1 aliphatic rings. The van der Waals surface area contributed by atoms with Gasteiger partial charge in [0.05, 0.1) is 6.61 Å². The normalized spacial score (nSPS) is 21.1. The number of halogens is 1.